The van der Waals surface area contributed by atoms with Gasteiger partial charge in [0.15, 0.2) is 0 Å². The van der Waals surface area contributed by atoms with E-state index in [0.29, 0.717) is 50.4 Å². The van der Waals surface area contributed by atoms with Crippen LogP contribution >= 0.6 is 0 Å². The molecule has 2 aromatic carbocycles. The third-order valence-corrected chi connectivity index (χ3v) is 10.2. The van der Waals surface area contributed by atoms with Gasteiger partial charge in [-0.25, -0.2) is 17.5 Å². The Kier molecular flexibility index (Phi) is 7.34. The van der Waals surface area contributed by atoms with E-state index in [-0.39, 0.29) is 24.1 Å². The standard InChI is InChI=1S/C27H32FN5O4S/c1-19-8-11-24(20-6-4-3-5-7-20)38(35,36)33(19)17-21-9-10-22(16-23(21)28)27(12-14-37-15-13-27)25(34)31-26-29-18-30-32(26)2/h3-7,9-10,16,18-19,24H,8,11-15,17H2,1-2H3,(H,29,30,31,34)/t19-,24+/m0/s1. The smallest absolute Gasteiger partial charge is 0.237 e. The predicted octanol–water partition coefficient (Wildman–Crippen LogP) is 3.70. The summed E-state index contributed by atoms with van der Waals surface area (Å²) in [5.41, 5.74) is 0.537. The first-order chi connectivity index (χ1) is 18.2. The van der Waals surface area contributed by atoms with Crippen molar-refractivity contribution in [3.05, 3.63) is 77.4 Å². The number of nitrogens with zero attached hydrogens (tertiary/aromatic N) is 4. The number of nitrogens with one attached hydrogen (secondary N) is 1. The Morgan fingerprint density at radius 1 is 1.16 bits per heavy atom. The fourth-order valence-electron chi connectivity index (χ4n) is 5.49. The van der Waals surface area contributed by atoms with Gasteiger partial charge in [0.2, 0.25) is 21.9 Å². The van der Waals surface area contributed by atoms with Crippen LogP contribution in [0.15, 0.2) is 54.9 Å². The lowest BCUT2D eigenvalue weighted by atomic mass is 9.73. The van der Waals surface area contributed by atoms with Gasteiger partial charge in [0, 0.05) is 38.4 Å². The number of halogens is 1. The zero-order valence-electron chi connectivity index (χ0n) is 21.5. The molecule has 38 heavy (non-hydrogen) atoms. The number of aryl methyl sites for hydroxylation is 1. The maximum Gasteiger partial charge on any atom is 0.237 e. The summed E-state index contributed by atoms with van der Waals surface area (Å²) in [6.45, 7) is 2.51. The largest absolute Gasteiger partial charge is 0.381 e. The second kappa shape index (κ2) is 10.5. The van der Waals surface area contributed by atoms with Crippen molar-refractivity contribution < 1.29 is 22.3 Å². The molecular formula is C27H32FN5O4S. The van der Waals surface area contributed by atoms with Gasteiger partial charge in [-0.2, -0.15) is 14.4 Å². The minimum Gasteiger partial charge on any atom is -0.381 e. The number of ether oxygens (including phenoxy) is 1. The topological polar surface area (TPSA) is 106 Å². The lowest BCUT2D eigenvalue weighted by Gasteiger charge is -2.38. The van der Waals surface area contributed by atoms with Gasteiger partial charge in [0.05, 0.1) is 5.41 Å². The second-order valence-corrected chi connectivity index (χ2v) is 12.1. The molecule has 0 bridgehead atoms. The van der Waals surface area contributed by atoms with Crippen LogP contribution in [-0.4, -0.2) is 52.7 Å². The first-order valence-corrected chi connectivity index (χ1v) is 14.3. The summed E-state index contributed by atoms with van der Waals surface area (Å²) in [4.78, 5) is 17.6. The Balaban J connectivity index is 1.42. The molecule has 11 heteroatoms. The summed E-state index contributed by atoms with van der Waals surface area (Å²) in [6.07, 6.45) is 3.32. The quantitative estimate of drug-likeness (QED) is 0.510. The third-order valence-electron chi connectivity index (χ3n) is 7.85. The lowest BCUT2D eigenvalue weighted by Crippen LogP contribution is -2.45. The SMILES string of the molecule is C[C@H]1CC[C@H](c2ccccc2)S(=O)(=O)N1Cc1ccc(C2(C(=O)Nc3ncnn3C)CCOCC2)cc1F. The van der Waals surface area contributed by atoms with Gasteiger partial charge in [-0.3, -0.25) is 10.1 Å². The molecule has 3 aromatic rings. The van der Waals surface area contributed by atoms with E-state index in [1.165, 1.54) is 21.4 Å². The molecule has 1 amide bonds. The molecule has 202 valence electrons. The molecule has 5 rings (SSSR count). The van der Waals surface area contributed by atoms with E-state index in [1.54, 1.807) is 19.2 Å². The fraction of sp³-hybridized carbons (Fsp3) is 0.444. The lowest BCUT2D eigenvalue weighted by molar-refractivity contribution is -0.125. The number of hydrogen-bond donors (Lipinski definition) is 1. The Labute approximate surface area is 222 Å². The van der Waals surface area contributed by atoms with Gasteiger partial charge in [-0.1, -0.05) is 42.5 Å². The van der Waals surface area contributed by atoms with Crippen LogP contribution in [0, 0.1) is 5.82 Å². The van der Waals surface area contributed by atoms with Crippen molar-refractivity contribution in [2.45, 2.75) is 55.9 Å². The average Bonchev–Trinajstić information content (AvgIpc) is 3.32. The number of hydrogen-bond acceptors (Lipinski definition) is 6. The van der Waals surface area contributed by atoms with Gasteiger partial charge in [-0.15, -0.1) is 0 Å². The van der Waals surface area contributed by atoms with Crippen molar-refractivity contribution in [2.24, 2.45) is 7.05 Å². The van der Waals surface area contributed by atoms with Gasteiger partial charge >= 0.3 is 0 Å². The number of rotatable bonds is 6. The van der Waals surface area contributed by atoms with Crippen LogP contribution in [0.3, 0.4) is 0 Å². The molecule has 2 fully saturated rings. The molecule has 1 aromatic heterocycles. The minimum absolute atomic E-state index is 0.0693. The van der Waals surface area contributed by atoms with Crippen molar-refractivity contribution in [3.8, 4) is 0 Å². The van der Waals surface area contributed by atoms with Crippen molar-refractivity contribution in [1.82, 2.24) is 19.1 Å². The zero-order chi connectivity index (χ0) is 26.9. The van der Waals surface area contributed by atoms with Crippen LogP contribution < -0.4 is 5.32 Å². The van der Waals surface area contributed by atoms with Crippen LogP contribution in [0.25, 0.3) is 0 Å². The molecular weight excluding hydrogens is 509 g/mol. The van der Waals surface area contributed by atoms with Gasteiger partial charge in [-0.05, 0) is 49.8 Å². The molecule has 9 nitrogen and oxygen atoms in total. The molecule has 2 aliphatic heterocycles. The molecule has 3 heterocycles. The zero-order valence-corrected chi connectivity index (χ0v) is 22.3. The Bertz CT molecular complexity index is 1410. The molecule has 0 unspecified atom stereocenters. The van der Waals surface area contributed by atoms with Crippen molar-refractivity contribution in [3.63, 3.8) is 0 Å². The molecule has 2 saturated heterocycles. The van der Waals surface area contributed by atoms with Crippen LogP contribution in [0.1, 0.15) is 54.5 Å². The molecule has 2 aliphatic rings. The Morgan fingerprint density at radius 3 is 2.55 bits per heavy atom. The van der Waals surface area contributed by atoms with E-state index in [1.807, 2.05) is 37.3 Å². The molecule has 0 aliphatic carbocycles. The van der Waals surface area contributed by atoms with Crippen LogP contribution in [0.5, 0.6) is 0 Å². The molecule has 1 N–H and O–H groups in total. The third kappa shape index (κ3) is 4.85. The van der Waals surface area contributed by atoms with E-state index in [4.69, 9.17) is 4.74 Å². The van der Waals surface area contributed by atoms with E-state index >= 15 is 4.39 Å². The number of amides is 1. The van der Waals surface area contributed by atoms with Gasteiger partial charge < -0.3 is 4.74 Å². The predicted molar refractivity (Wildman–Crippen MR) is 140 cm³/mol. The number of carbonyl (C=O) groups excluding carboxylic acids is 1. The van der Waals surface area contributed by atoms with E-state index in [2.05, 4.69) is 15.4 Å². The summed E-state index contributed by atoms with van der Waals surface area (Å²) in [7, 11) is -2.03. The minimum atomic E-state index is -3.70. The van der Waals surface area contributed by atoms with Crippen LogP contribution in [-0.2, 0) is 38.6 Å². The molecule has 0 saturated carbocycles. The maximum atomic E-state index is 15.6. The summed E-state index contributed by atoms with van der Waals surface area (Å²) < 4.78 is 51.2. The van der Waals surface area contributed by atoms with E-state index in [9.17, 15) is 13.2 Å². The first-order valence-electron chi connectivity index (χ1n) is 12.8. The number of aromatic nitrogens is 3. The molecule has 0 radical (unpaired) electrons. The monoisotopic (exact) mass is 541 g/mol. The highest BCUT2D eigenvalue weighted by Crippen LogP contribution is 2.40. The number of benzene rings is 2. The van der Waals surface area contributed by atoms with Crippen molar-refractivity contribution >= 4 is 21.9 Å². The van der Waals surface area contributed by atoms with Crippen LogP contribution in [0.4, 0.5) is 10.3 Å². The van der Waals surface area contributed by atoms with Gasteiger partial charge in [0.25, 0.3) is 0 Å². The number of anilines is 1. The first kappa shape index (κ1) is 26.5. The summed E-state index contributed by atoms with van der Waals surface area (Å²) >= 11 is 0. The normalized spacial score (nSPS) is 23.1. The molecule has 0 spiro atoms. The summed E-state index contributed by atoms with van der Waals surface area (Å²) in [6, 6.07) is 13.6. The highest BCUT2D eigenvalue weighted by atomic mass is 32.2. The highest BCUT2D eigenvalue weighted by Gasteiger charge is 2.44. The summed E-state index contributed by atoms with van der Waals surface area (Å²) in [5.74, 6) is -0.540. The maximum absolute atomic E-state index is 15.6. The Hall–Kier alpha value is -3.15. The van der Waals surface area contributed by atoms with E-state index < -0.39 is 26.5 Å². The van der Waals surface area contributed by atoms with Crippen molar-refractivity contribution in [1.29, 1.82) is 0 Å². The van der Waals surface area contributed by atoms with Crippen LogP contribution in [0.2, 0.25) is 0 Å². The number of sulfonamides is 1. The van der Waals surface area contributed by atoms with Gasteiger partial charge in [0.1, 0.15) is 17.4 Å². The number of carbonyl (C=O) groups is 1. The van der Waals surface area contributed by atoms with E-state index in [0.717, 1.165) is 5.56 Å². The molecule has 2 atom stereocenters. The average molecular weight is 542 g/mol. The van der Waals surface area contributed by atoms with Crippen molar-refractivity contribution in [2.75, 3.05) is 18.5 Å². The Morgan fingerprint density at radius 2 is 1.89 bits per heavy atom. The summed E-state index contributed by atoms with van der Waals surface area (Å²) in [5, 5.41) is 6.15. The highest BCUT2D eigenvalue weighted by molar-refractivity contribution is 7.89. The second-order valence-electron chi connectivity index (χ2n) is 10.1. The fourth-order valence-corrected chi connectivity index (χ4v) is 7.68.